The highest BCUT2D eigenvalue weighted by Crippen LogP contribution is 2.29. The van der Waals surface area contributed by atoms with Crippen molar-refractivity contribution < 1.29 is 27.9 Å². The van der Waals surface area contributed by atoms with Crippen LogP contribution < -0.4 is 5.32 Å². The van der Waals surface area contributed by atoms with Gasteiger partial charge in [0.2, 0.25) is 5.91 Å². The maximum absolute atomic E-state index is 12.6. The Balaban J connectivity index is 2.08. The fourth-order valence-electron chi connectivity index (χ4n) is 2.39. The number of amides is 1. The molecular weight excluding hydrogens is 371 g/mol. The van der Waals surface area contributed by atoms with E-state index in [0.717, 1.165) is 12.1 Å². The summed E-state index contributed by atoms with van der Waals surface area (Å²) < 4.78 is 37.7. The van der Waals surface area contributed by atoms with E-state index in [1.807, 2.05) is 0 Å². The van der Waals surface area contributed by atoms with Gasteiger partial charge in [0.25, 0.3) is 0 Å². The van der Waals surface area contributed by atoms with E-state index in [4.69, 9.17) is 16.7 Å². The van der Waals surface area contributed by atoms with Crippen molar-refractivity contribution in [2.75, 3.05) is 0 Å². The molecule has 2 aromatic carbocycles. The summed E-state index contributed by atoms with van der Waals surface area (Å²) >= 11 is 5.89. The van der Waals surface area contributed by atoms with Crippen molar-refractivity contribution in [3.8, 4) is 0 Å². The number of benzene rings is 2. The number of aliphatic carboxylic acids is 1. The Labute approximate surface area is 152 Å². The van der Waals surface area contributed by atoms with E-state index in [1.54, 1.807) is 24.3 Å². The summed E-state index contributed by atoms with van der Waals surface area (Å²) in [5.41, 5.74) is 0.112. The first kappa shape index (κ1) is 19.8. The number of hydrogen-bond donors (Lipinski definition) is 2. The molecule has 0 aliphatic rings. The van der Waals surface area contributed by atoms with E-state index in [0.29, 0.717) is 16.1 Å². The predicted octanol–water partition coefficient (Wildman–Crippen LogP) is 4.23. The number of nitrogens with one attached hydrogen (secondary N) is 1. The van der Waals surface area contributed by atoms with Gasteiger partial charge in [0.1, 0.15) is 0 Å². The highest BCUT2D eigenvalue weighted by Gasteiger charge is 2.30. The Morgan fingerprint density at radius 2 is 1.77 bits per heavy atom. The third kappa shape index (κ3) is 5.77. The molecule has 2 N–H and O–H groups in total. The van der Waals surface area contributed by atoms with Crippen molar-refractivity contribution in [1.29, 1.82) is 0 Å². The second-order valence-electron chi connectivity index (χ2n) is 5.64. The normalized spacial score (nSPS) is 12.5. The fourth-order valence-corrected chi connectivity index (χ4v) is 2.59. The number of carboxylic acids is 1. The Morgan fingerprint density at radius 1 is 1.12 bits per heavy atom. The van der Waals surface area contributed by atoms with Crippen LogP contribution >= 0.6 is 11.6 Å². The summed E-state index contributed by atoms with van der Waals surface area (Å²) in [6, 6.07) is 9.87. The molecule has 0 aromatic heterocycles. The first-order chi connectivity index (χ1) is 12.1. The van der Waals surface area contributed by atoms with E-state index in [9.17, 15) is 22.8 Å². The van der Waals surface area contributed by atoms with Crippen LogP contribution in [0.25, 0.3) is 0 Å². The first-order valence-electron chi connectivity index (χ1n) is 7.58. The van der Waals surface area contributed by atoms with Crippen LogP contribution in [-0.4, -0.2) is 17.0 Å². The number of halogens is 4. The SMILES string of the molecule is O=C(O)CC(NC(=O)Cc1ccc(C(F)(F)F)cc1)c1cccc(Cl)c1. The third-order valence-electron chi connectivity index (χ3n) is 3.61. The van der Waals surface area contributed by atoms with Crippen molar-refractivity contribution in [2.45, 2.75) is 25.1 Å². The summed E-state index contributed by atoms with van der Waals surface area (Å²) in [6.07, 6.45) is -4.96. The zero-order chi connectivity index (χ0) is 19.3. The average Bonchev–Trinajstić information content (AvgIpc) is 2.53. The molecule has 1 unspecified atom stereocenters. The number of carbonyl (C=O) groups excluding carboxylic acids is 1. The Morgan fingerprint density at radius 3 is 2.31 bits per heavy atom. The molecule has 0 fully saturated rings. The van der Waals surface area contributed by atoms with E-state index >= 15 is 0 Å². The minimum atomic E-state index is -4.44. The summed E-state index contributed by atoms with van der Waals surface area (Å²) in [5, 5.41) is 12.0. The van der Waals surface area contributed by atoms with Gasteiger partial charge < -0.3 is 10.4 Å². The predicted molar refractivity (Wildman–Crippen MR) is 89.7 cm³/mol. The van der Waals surface area contributed by atoms with E-state index in [1.165, 1.54) is 12.1 Å². The van der Waals surface area contributed by atoms with Gasteiger partial charge in [0.05, 0.1) is 24.4 Å². The molecule has 0 saturated carbocycles. The smallest absolute Gasteiger partial charge is 0.416 e. The summed E-state index contributed by atoms with van der Waals surface area (Å²) in [4.78, 5) is 23.2. The Hall–Kier alpha value is -2.54. The molecule has 0 radical (unpaired) electrons. The van der Waals surface area contributed by atoms with Crippen molar-refractivity contribution in [3.63, 3.8) is 0 Å². The first-order valence-corrected chi connectivity index (χ1v) is 7.95. The van der Waals surface area contributed by atoms with Crippen LogP contribution in [0.15, 0.2) is 48.5 Å². The second kappa shape index (κ2) is 8.23. The number of hydrogen-bond acceptors (Lipinski definition) is 2. The molecule has 0 spiro atoms. The molecule has 0 heterocycles. The Kier molecular flexibility index (Phi) is 6.26. The van der Waals surface area contributed by atoms with E-state index in [2.05, 4.69) is 5.32 Å². The van der Waals surface area contributed by atoms with Gasteiger partial charge in [0, 0.05) is 5.02 Å². The average molecular weight is 386 g/mol. The second-order valence-corrected chi connectivity index (χ2v) is 6.08. The van der Waals surface area contributed by atoms with Crippen LogP contribution in [0, 0.1) is 0 Å². The maximum atomic E-state index is 12.6. The summed E-state index contributed by atoms with van der Waals surface area (Å²) in [7, 11) is 0. The highest BCUT2D eigenvalue weighted by atomic mass is 35.5. The molecule has 0 aliphatic heterocycles. The van der Waals surface area contributed by atoms with Gasteiger partial charge in [-0.1, -0.05) is 35.9 Å². The lowest BCUT2D eigenvalue weighted by atomic mass is 10.0. The Bertz CT molecular complexity index is 791. The van der Waals surface area contributed by atoms with E-state index < -0.39 is 29.7 Å². The molecule has 138 valence electrons. The lowest BCUT2D eigenvalue weighted by Gasteiger charge is -2.18. The van der Waals surface area contributed by atoms with Gasteiger partial charge in [-0.3, -0.25) is 9.59 Å². The molecule has 2 aromatic rings. The molecule has 0 aliphatic carbocycles. The summed E-state index contributed by atoms with van der Waals surface area (Å²) in [5.74, 6) is -1.61. The van der Waals surface area contributed by atoms with Gasteiger partial charge in [-0.15, -0.1) is 0 Å². The molecule has 1 amide bonds. The number of carboxylic acid groups (broad SMARTS) is 1. The zero-order valence-corrected chi connectivity index (χ0v) is 14.1. The maximum Gasteiger partial charge on any atom is 0.416 e. The van der Waals surface area contributed by atoms with Crippen molar-refractivity contribution in [2.24, 2.45) is 0 Å². The molecule has 0 saturated heterocycles. The minimum Gasteiger partial charge on any atom is -0.481 e. The van der Waals surface area contributed by atoms with Crippen LogP contribution in [0.1, 0.15) is 29.2 Å². The molecule has 4 nitrogen and oxygen atoms in total. The summed E-state index contributed by atoms with van der Waals surface area (Å²) in [6.45, 7) is 0. The van der Waals surface area contributed by atoms with Gasteiger partial charge in [0.15, 0.2) is 0 Å². The lowest BCUT2D eigenvalue weighted by molar-refractivity contribution is -0.138. The third-order valence-corrected chi connectivity index (χ3v) is 3.85. The quantitative estimate of drug-likeness (QED) is 0.781. The monoisotopic (exact) mass is 385 g/mol. The minimum absolute atomic E-state index is 0.172. The van der Waals surface area contributed by atoms with Gasteiger partial charge >= 0.3 is 12.1 Å². The molecule has 1 atom stereocenters. The van der Waals surface area contributed by atoms with Gasteiger partial charge in [-0.25, -0.2) is 0 Å². The van der Waals surface area contributed by atoms with Crippen molar-refractivity contribution >= 4 is 23.5 Å². The number of carbonyl (C=O) groups is 2. The topological polar surface area (TPSA) is 66.4 Å². The number of rotatable bonds is 6. The molecule has 2 rings (SSSR count). The lowest BCUT2D eigenvalue weighted by Crippen LogP contribution is -2.31. The molecular formula is C18H15ClF3NO3. The van der Waals surface area contributed by atoms with Crippen LogP contribution in [0.4, 0.5) is 13.2 Å². The largest absolute Gasteiger partial charge is 0.481 e. The fraction of sp³-hybridized carbons (Fsp3) is 0.222. The van der Waals surface area contributed by atoms with Crippen LogP contribution in [0.2, 0.25) is 5.02 Å². The standard InChI is InChI=1S/C18H15ClF3NO3/c19-14-3-1-2-12(9-14)15(10-17(25)26)23-16(24)8-11-4-6-13(7-5-11)18(20,21)22/h1-7,9,15H,8,10H2,(H,23,24)(H,25,26). The molecule has 0 bridgehead atoms. The zero-order valence-electron chi connectivity index (χ0n) is 13.4. The van der Waals surface area contributed by atoms with Gasteiger partial charge in [-0.2, -0.15) is 13.2 Å². The highest BCUT2D eigenvalue weighted by molar-refractivity contribution is 6.30. The molecule has 26 heavy (non-hydrogen) atoms. The van der Waals surface area contributed by atoms with Crippen LogP contribution in [0.3, 0.4) is 0 Å². The van der Waals surface area contributed by atoms with Gasteiger partial charge in [-0.05, 0) is 35.4 Å². The van der Waals surface area contributed by atoms with Crippen molar-refractivity contribution in [3.05, 3.63) is 70.2 Å². The van der Waals surface area contributed by atoms with Crippen LogP contribution in [-0.2, 0) is 22.2 Å². The van der Waals surface area contributed by atoms with E-state index in [-0.39, 0.29) is 12.8 Å². The van der Waals surface area contributed by atoms with Crippen molar-refractivity contribution in [1.82, 2.24) is 5.32 Å². The van der Waals surface area contributed by atoms with Crippen LogP contribution in [0.5, 0.6) is 0 Å². The molecule has 8 heteroatoms. The number of alkyl halides is 3.